The summed E-state index contributed by atoms with van der Waals surface area (Å²) < 4.78 is 11.7. The molecule has 5 heteroatoms. The monoisotopic (exact) mass is 806 g/mol. The largest absolute Gasteiger partial charge is 0.454 e. The smallest absolute Gasteiger partial charge is 0.159 e. The zero-order valence-corrected chi connectivity index (χ0v) is 34.1. The Bertz CT molecular complexity index is 3820. The van der Waals surface area contributed by atoms with Crippen molar-refractivity contribution >= 4 is 77.1 Å². The first-order valence-corrected chi connectivity index (χ1v) is 21.5. The highest BCUT2D eigenvalue weighted by Gasteiger charge is 2.23. The van der Waals surface area contributed by atoms with Crippen LogP contribution in [0.25, 0.3) is 93.7 Å². The van der Waals surface area contributed by atoms with Crippen LogP contribution in [0, 0.1) is 0 Å². The molecule has 13 rings (SSSR count). The van der Waals surface area contributed by atoms with E-state index in [9.17, 15) is 0 Å². The van der Waals surface area contributed by atoms with Crippen LogP contribution in [0.3, 0.4) is 0 Å². The van der Waals surface area contributed by atoms with Crippen LogP contribution in [0.2, 0.25) is 0 Å². The van der Waals surface area contributed by atoms with E-state index in [1.165, 1.54) is 49.3 Å². The number of para-hydroxylation sites is 4. The second-order valence-electron chi connectivity index (χ2n) is 16.4. The highest BCUT2D eigenvalue weighted by Crippen LogP contribution is 2.41. The van der Waals surface area contributed by atoms with Crippen molar-refractivity contribution in [1.82, 2.24) is 14.5 Å². The number of hydrogen-bond acceptors (Lipinski definition) is 3. The number of furan rings is 1. The van der Waals surface area contributed by atoms with Crippen molar-refractivity contribution in [2.24, 2.45) is 4.99 Å². The number of fused-ring (bicyclic) bond motifs is 9. The van der Waals surface area contributed by atoms with E-state index in [1.807, 2.05) is 6.07 Å². The number of aliphatic imine (C=N–C) groups is 1. The Labute approximate surface area is 363 Å². The number of nitrogens with zero attached hydrogens (tertiary/aromatic N) is 3. The normalized spacial score (nSPS) is 14.2. The third kappa shape index (κ3) is 5.67. The first kappa shape index (κ1) is 35.4. The molecule has 0 saturated heterocycles. The summed E-state index contributed by atoms with van der Waals surface area (Å²) in [6, 6.07) is 75.7. The van der Waals surface area contributed by atoms with Crippen molar-refractivity contribution in [1.29, 1.82) is 0 Å². The van der Waals surface area contributed by atoms with E-state index in [-0.39, 0.29) is 6.04 Å². The van der Waals surface area contributed by atoms with Gasteiger partial charge in [0, 0.05) is 43.6 Å². The first-order chi connectivity index (χ1) is 31.2. The molecule has 1 unspecified atom stereocenters. The van der Waals surface area contributed by atoms with Crippen LogP contribution < -0.4 is 5.32 Å². The van der Waals surface area contributed by atoms with Gasteiger partial charge in [-0.2, -0.15) is 0 Å². The van der Waals surface area contributed by atoms with Gasteiger partial charge in [-0.25, -0.2) is 4.99 Å². The minimum absolute atomic E-state index is 0.0351. The first-order valence-electron chi connectivity index (χ1n) is 21.5. The average molecular weight is 807 g/mol. The van der Waals surface area contributed by atoms with Crippen molar-refractivity contribution in [3.8, 4) is 22.5 Å². The van der Waals surface area contributed by atoms with Crippen molar-refractivity contribution < 1.29 is 4.42 Å². The van der Waals surface area contributed by atoms with Gasteiger partial charge in [0.25, 0.3) is 0 Å². The van der Waals surface area contributed by atoms with Gasteiger partial charge in [-0.3, -0.25) is 0 Å². The molecule has 0 radical (unpaired) electrons. The molecule has 1 atom stereocenters. The number of aromatic nitrogens is 2. The summed E-state index contributed by atoms with van der Waals surface area (Å²) in [6.07, 6.45) is 2.21. The maximum Gasteiger partial charge on any atom is 0.159 e. The molecule has 296 valence electrons. The van der Waals surface area contributed by atoms with Crippen molar-refractivity contribution in [2.75, 3.05) is 0 Å². The molecule has 3 aromatic heterocycles. The molecule has 1 aliphatic heterocycles. The number of benzene rings is 9. The molecule has 63 heavy (non-hydrogen) atoms. The minimum Gasteiger partial charge on any atom is -0.454 e. The zero-order valence-electron chi connectivity index (χ0n) is 34.1. The van der Waals surface area contributed by atoms with Gasteiger partial charge in [0.15, 0.2) is 5.58 Å². The van der Waals surface area contributed by atoms with E-state index >= 15 is 0 Å². The van der Waals surface area contributed by atoms with Crippen molar-refractivity contribution in [3.63, 3.8) is 0 Å². The Balaban J connectivity index is 0.928. The summed E-state index contributed by atoms with van der Waals surface area (Å²) in [7, 11) is 0. The molecule has 1 N–H and O–H groups in total. The average Bonchev–Trinajstić information content (AvgIpc) is 4.02. The van der Waals surface area contributed by atoms with Crippen molar-refractivity contribution in [2.45, 2.75) is 6.04 Å². The molecule has 9 aromatic carbocycles. The third-order valence-corrected chi connectivity index (χ3v) is 12.8. The summed E-state index contributed by atoms with van der Waals surface area (Å²) in [5.74, 6) is 0.812. The van der Waals surface area contributed by atoms with Gasteiger partial charge in [0.2, 0.25) is 0 Å². The van der Waals surface area contributed by atoms with E-state index < -0.39 is 0 Å². The Morgan fingerprint density at radius 1 is 0.413 bits per heavy atom. The lowest BCUT2D eigenvalue weighted by molar-refractivity contribution is 0.666. The van der Waals surface area contributed by atoms with Gasteiger partial charge < -0.3 is 18.9 Å². The fourth-order valence-corrected chi connectivity index (χ4v) is 9.82. The molecule has 0 spiro atoms. The van der Waals surface area contributed by atoms with Gasteiger partial charge in [-0.15, -0.1) is 0 Å². The van der Waals surface area contributed by atoms with Gasteiger partial charge in [0.05, 0.1) is 39.5 Å². The third-order valence-electron chi connectivity index (χ3n) is 12.8. The number of amidine groups is 1. The second kappa shape index (κ2) is 14.1. The predicted molar refractivity (Wildman–Crippen MR) is 261 cm³/mol. The van der Waals surface area contributed by atoms with E-state index in [1.54, 1.807) is 0 Å². The lowest BCUT2D eigenvalue weighted by Crippen LogP contribution is -2.31. The lowest BCUT2D eigenvalue weighted by Gasteiger charge is -2.24. The van der Waals surface area contributed by atoms with Gasteiger partial charge >= 0.3 is 0 Å². The van der Waals surface area contributed by atoms with E-state index in [0.717, 1.165) is 67.0 Å². The molecule has 0 saturated carbocycles. The molecular weight excluding hydrogens is 769 g/mol. The van der Waals surface area contributed by atoms with E-state index in [2.05, 4.69) is 227 Å². The number of hydrogen-bond donors (Lipinski definition) is 1. The molecular formula is C58H38N4O. The molecule has 5 nitrogen and oxygen atoms in total. The van der Waals surface area contributed by atoms with Gasteiger partial charge in [-0.05, 0) is 95.1 Å². The lowest BCUT2D eigenvalue weighted by atomic mass is 10.00. The Hall–Kier alpha value is -8.41. The summed E-state index contributed by atoms with van der Waals surface area (Å²) in [5, 5.41) is 10.7. The molecule has 0 bridgehead atoms. The predicted octanol–water partition coefficient (Wildman–Crippen LogP) is 14.6. The summed E-state index contributed by atoms with van der Waals surface area (Å²) >= 11 is 0. The molecule has 0 aliphatic carbocycles. The van der Waals surface area contributed by atoms with Crippen LogP contribution in [0.15, 0.2) is 228 Å². The highest BCUT2D eigenvalue weighted by atomic mass is 16.3. The SMILES string of the molecule is C1=C(c2ccccc2)N=C(c2ccc3c(c2)oc2c(-n4c5ccccc5c5cc(-c6ccc7c(c6)c6ccccc6n7-c6ccccc6)ccc54)cccc23)NC1c1ccccc1. The maximum absolute atomic E-state index is 6.94. The van der Waals surface area contributed by atoms with Crippen LogP contribution in [-0.2, 0) is 0 Å². The maximum atomic E-state index is 6.94. The summed E-state index contributed by atoms with van der Waals surface area (Å²) in [4.78, 5) is 5.18. The second-order valence-corrected chi connectivity index (χ2v) is 16.4. The number of nitrogens with one attached hydrogen (secondary N) is 1. The van der Waals surface area contributed by atoms with Gasteiger partial charge in [-0.1, -0.05) is 146 Å². The Morgan fingerprint density at radius 3 is 1.70 bits per heavy atom. The standard InChI is InChI=1S/C58H38N4O/c1-4-15-37(16-5-1)49-36-50(38-17-6-2-7-18-38)60-58(59-49)41-27-30-45-46-23-14-26-55(57(46)63-56(45)35-41)62-52-25-13-11-22-44(52)48-34-40(29-32-54(48)62)39-28-31-53-47(33-39)43-21-10-12-24-51(43)61(53)42-19-8-3-9-20-42/h1-36,49H,(H,59,60). The molecule has 4 heterocycles. The van der Waals surface area contributed by atoms with Crippen LogP contribution >= 0.6 is 0 Å². The number of rotatable bonds is 6. The quantitative estimate of drug-likeness (QED) is 0.182. The van der Waals surface area contributed by atoms with Crippen LogP contribution in [-0.4, -0.2) is 15.0 Å². The topological polar surface area (TPSA) is 47.4 Å². The van der Waals surface area contributed by atoms with Crippen LogP contribution in [0.4, 0.5) is 0 Å². The van der Waals surface area contributed by atoms with Gasteiger partial charge in [0.1, 0.15) is 11.4 Å². The summed E-state index contributed by atoms with van der Waals surface area (Å²) in [5.41, 5.74) is 15.0. The fourth-order valence-electron chi connectivity index (χ4n) is 9.82. The molecule has 0 fully saturated rings. The molecule has 0 amide bonds. The van der Waals surface area contributed by atoms with E-state index in [0.29, 0.717) is 0 Å². The molecule has 1 aliphatic rings. The van der Waals surface area contributed by atoms with E-state index in [4.69, 9.17) is 9.41 Å². The molecule has 12 aromatic rings. The fraction of sp³-hybridized carbons (Fsp3) is 0.0172. The minimum atomic E-state index is -0.0351. The summed E-state index contributed by atoms with van der Waals surface area (Å²) in [6.45, 7) is 0. The van der Waals surface area contributed by atoms with Crippen LogP contribution in [0.1, 0.15) is 22.7 Å². The Morgan fingerprint density at radius 2 is 0.984 bits per heavy atom. The van der Waals surface area contributed by atoms with Crippen molar-refractivity contribution in [3.05, 3.63) is 235 Å². The Kier molecular flexibility index (Phi) is 7.90. The highest BCUT2D eigenvalue weighted by molar-refractivity contribution is 6.15. The van der Waals surface area contributed by atoms with Crippen LogP contribution in [0.5, 0.6) is 0 Å². The zero-order chi connectivity index (χ0) is 41.4.